The van der Waals surface area contributed by atoms with Crippen LogP contribution < -0.4 is 5.32 Å². The molecule has 0 aliphatic rings. The summed E-state index contributed by atoms with van der Waals surface area (Å²) in [5.74, 6) is 0. The van der Waals surface area contributed by atoms with E-state index in [0.29, 0.717) is 11.5 Å². The molecule has 0 saturated heterocycles. The number of pyridine rings is 1. The third-order valence-electron chi connectivity index (χ3n) is 3.65. The summed E-state index contributed by atoms with van der Waals surface area (Å²) >= 11 is 0. The van der Waals surface area contributed by atoms with Gasteiger partial charge in [-0.25, -0.2) is 0 Å². The molecule has 0 amide bonds. The fourth-order valence-electron chi connectivity index (χ4n) is 2.78. The van der Waals surface area contributed by atoms with E-state index in [9.17, 15) is 0 Å². The molecule has 0 aliphatic heterocycles. The zero-order valence-electron chi connectivity index (χ0n) is 13.8. The van der Waals surface area contributed by atoms with Crippen LogP contribution >= 0.6 is 0 Å². The van der Waals surface area contributed by atoms with Crippen LogP contribution in [0.25, 0.3) is 10.9 Å². The molecule has 2 rings (SSSR count). The predicted octanol–water partition coefficient (Wildman–Crippen LogP) is 4.58. The third-order valence-corrected chi connectivity index (χ3v) is 3.65. The Morgan fingerprint density at radius 3 is 2.57 bits per heavy atom. The molecule has 2 heteroatoms. The first kappa shape index (κ1) is 16.0. The monoisotopic (exact) mass is 284 g/mol. The Labute approximate surface area is 129 Å². The summed E-state index contributed by atoms with van der Waals surface area (Å²) in [6.07, 6.45) is 3.34. The highest BCUT2D eigenvalue weighted by Crippen LogP contribution is 2.23. The molecule has 0 aliphatic carbocycles. The van der Waals surface area contributed by atoms with E-state index < -0.39 is 0 Å². The lowest BCUT2D eigenvalue weighted by Crippen LogP contribution is -2.35. The zero-order valence-corrected chi connectivity index (χ0v) is 13.8. The molecule has 1 atom stereocenters. The fourth-order valence-corrected chi connectivity index (χ4v) is 2.78. The zero-order chi connectivity index (χ0) is 15.3. The Kier molecular flexibility index (Phi) is 5.35. The number of rotatable bonds is 6. The van der Waals surface area contributed by atoms with Crippen LogP contribution in [0.1, 0.15) is 46.2 Å². The molecule has 1 heterocycles. The summed E-state index contributed by atoms with van der Waals surface area (Å²) in [5, 5.41) is 4.90. The number of para-hydroxylation sites is 1. The van der Waals surface area contributed by atoms with E-state index in [1.807, 2.05) is 0 Å². The quantitative estimate of drug-likeness (QED) is 0.839. The largest absolute Gasteiger partial charge is 0.314 e. The van der Waals surface area contributed by atoms with Gasteiger partial charge in [-0.05, 0) is 36.9 Å². The van der Waals surface area contributed by atoms with Crippen molar-refractivity contribution in [2.45, 2.75) is 53.0 Å². The molecule has 1 aromatic carbocycles. The molecule has 2 nitrogen and oxygen atoms in total. The van der Waals surface area contributed by atoms with Crippen LogP contribution in [0, 0.1) is 5.41 Å². The van der Waals surface area contributed by atoms with Crippen LogP contribution in [-0.2, 0) is 6.42 Å². The van der Waals surface area contributed by atoms with Gasteiger partial charge in [-0.1, -0.05) is 52.0 Å². The lowest BCUT2D eigenvalue weighted by Gasteiger charge is -2.27. The fraction of sp³-hybridized carbons (Fsp3) is 0.526. The Balaban J connectivity index is 2.13. The summed E-state index contributed by atoms with van der Waals surface area (Å²) in [6.45, 7) is 10.2. The van der Waals surface area contributed by atoms with Crippen molar-refractivity contribution in [2.24, 2.45) is 5.41 Å². The maximum atomic E-state index is 4.81. The van der Waals surface area contributed by atoms with Gasteiger partial charge < -0.3 is 5.32 Å². The topological polar surface area (TPSA) is 24.9 Å². The molecule has 0 saturated carbocycles. The van der Waals surface area contributed by atoms with E-state index in [1.54, 1.807) is 0 Å². The molecule has 0 fully saturated rings. The van der Waals surface area contributed by atoms with E-state index >= 15 is 0 Å². The van der Waals surface area contributed by atoms with E-state index in [1.165, 1.54) is 23.9 Å². The molecule has 1 aromatic heterocycles. The Morgan fingerprint density at radius 1 is 1.10 bits per heavy atom. The summed E-state index contributed by atoms with van der Waals surface area (Å²) in [4.78, 5) is 4.81. The number of hydrogen-bond acceptors (Lipinski definition) is 2. The third kappa shape index (κ3) is 5.13. The maximum absolute atomic E-state index is 4.81. The minimum absolute atomic E-state index is 0.336. The van der Waals surface area contributed by atoms with Crippen LogP contribution in [0.4, 0.5) is 0 Å². The van der Waals surface area contributed by atoms with Crippen molar-refractivity contribution in [1.29, 1.82) is 0 Å². The number of nitrogens with one attached hydrogen (secondary N) is 1. The van der Waals surface area contributed by atoms with Crippen molar-refractivity contribution >= 4 is 10.9 Å². The number of fused-ring (bicyclic) bond motifs is 1. The van der Waals surface area contributed by atoms with Gasteiger partial charge in [0.1, 0.15) is 0 Å². The van der Waals surface area contributed by atoms with Gasteiger partial charge in [0.05, 0.1) is 5.52 Å². The summed E-state index contributed by atoms with van der Waals surface area (Å²) in [6, 6.07) is 13.2. The van der Waals surface area contributed by atoms with Crippen molar-refractivity contribution in [3.05, 3.63) is 42.1 Å². The molecule has 21 heavy (non-hydrogen) atoms. The number of hydrogen-bond donors (Lipinski definition) is 1. The molecule has 0 radical (unpaired) electrons. The predicted molar refractivity (Wildman–Crippen MR) is 91.6 cm³/mol. The Hall–Kier alpha value is -1.41. The maximum Gasteiger partial charge on any atom is 0.0705 e. The van der Waals surface area contributed by atoms with Gasteiger partial charge in [0, 0.05) is 23.5 Å². The van der Waals surface area contributed by atoms with Crippen molar-refractivity contribution < 1.29 is 0 Å². The van der Waals surface area contributed by atoms with Gasteiger partial charge in [-0.15, -0.1) is 0 Å². The minimum atomic E-state index is 0.336. The van der Waals surface area contributed by atoms with E-state index in [-0.39, 0.29) is 0 Å². The van der Waals surface area contributed by atoms with E-state index in [0.717, 1.165) is 18.5 Å². The molecule has 114 valence electrons. The van der Waals surface area contributed by atoms with Crippen LogP contribution in [0.3, 0.4) is 0 Å². The normalized spacial score (nSPS) is 13.5. The average molecular weight is 284 g/mol. The van der Waals surface area contributed by atoms with Crippen molar-refractivity contribution in [1.82, 2.24) is 10.3 Å². The van der Waals surface area contributed by atoms with Crippen molar-refractivity contribution in [2.75, 3.05) is 6.54 Å². The second kappa shape index (κ2) is 7.04. The summed E-state index contributed by atoms with van der Waals surface area (Å²) < 4.78 is 0. The molecule has 0 spiro atoms. The smallest absolute Gasteiger partial charge is 0.0705 e. The average Bonchev–Trinajstić information content (AvgIpc) is 2.43. The highest BCUT2D eigenvalue weighted by Gasteiger charge is 2.19. The second-order valence-electron chi connectivity index (χ2n) is 7.12. The lowest BCUT2D eigenvalue weighted by atomic mass is 9.86. The van der Waals surface area contributed by atoms with Crippen LogP contribution in [0.5, 0.6) is 0 Å². The molecular formula is C19H28N2. The highest BCUT2D eigenvalue weighted by atomic mass is 14.9. The lowest BCUT2D eigenvalue weighted by molar-refractivity contribution is 0.306. The van der Waals surface area contributed by atoms with Crippen LogP contribution in [0.2, 0.25) is 0 Å². The molecule has 1 unspecified atom stereocenters. The Morgan fingerprint density at radius 2 is 1.86 bits per heavy atom. The number of nitrogens with zero attached hydrogens (tertiary/aromatic N) is 1. The summed E-state index contributed by atoms with van der Waals surface area (Å²) in [7, 11) is 0. The first-order chi connectivity index (χ1) is 9.98. The SMILES string of the molecule is CCCNC(Cc1ccc2ccccc2n1)CC(C)(C)C. The van der Waals surface area contributed by atoms with Crippen molar-refractivity contribution in [3.8, 4) is 0 Å². The van der Waals surface area contributed by atoms with E-state index in [2.05, 4.69) is 69.4 Å². The van der Waals surface area contributed by atoms with Crippen LogP contribution in [-0.4, -0.2) is 17.6 Å². The van der Waals surface area contributed by atoms with Gasteiger partial charge in [0.15, 0.2) is 0 Å². The first-order valence-electron chi connectivity index (χ1n) is 8.06. The second-order valence-corrected chi connectivity index (χ2v) is 7.12. The molecule has 1 N–H and O–H groups in total. The van der Waals surface area contributed by atoms with Gasteiger partial charge in [-0.2, -0.15) is 0 Å². The van der Waals surface area contributed by atoms with Gasteiger partial charge in [0.2, 0.25) is 0 Å². The first-order valence-corrected chi connectivity index (χ1v) is 8.06. The number of aromatic nitrogens is 1. The Bertz CT molecular complexity index is 569. The molecule has 2 aromatic rings. The summed E-state index contributed by atoms with van der Waals surface area (Å²) in [5.41, 5.74) is 2.62. The van der Waals surface area contributed by atoms with Gasteiger partial charge in [0.25, 0.3) is 0 Å². The molecular weight excluding hydrogens is 256 g/mol. The van der Waals surface area contributed by atoms with Crippen molar-refractivity contribution in [3.63, 3.8) is 0 Å². The number of benzene rings is 1. The molecule has 0 bridgehead atoms. The minimum Gasteiger partial charge on any atom is -0.314 e. The standard InChI is InChI=1S/C19H28N2/c1-5-12-20-17(14-19(2,3)4)13-16-11-10-15-8-6-7-9-18(15)21-16/h6-11,17,20H,5,12-14H2,1-4H3. The van der Waals surface area contributed by atoms with E-state index in [4.69, 9.17) is 4.98 Å². The van der Waals surface area contributed by atoms with Gasteiger partial charge in [-0.3, -0.25) is 4.98 Å². The highest BCUT2D eigenvalue weighted by molar-refractivity contribution is 5.78. The van der Waals surface area contributed by atoms with Gasteiger partial charge >= 0.3 is 0 Å². The van der Waals surface area contributed by atoms with Crippen LogP contribution in [0.15, 0.2) is 36.4 Å².